The normalized spacial score (nSPS) is 11.1. The Kier molecular flexibility index (Phi) is 5.94. The van der Waals surface area contributed by atoms with Crippen LogP contribution < -0.4 is 9.16 Å². The zero-order valence-corrected chi connectivity index (χ0v) is 17.3. The van der Waals surface area contributed by atoms with E-state index in [1.54, 1.807) is 18.9 Å². The first-order valence-electron chi connectivity index (χ1n) is 8.21. The maximum Gasteiger partial charge on any atom is 0.229 e. The molecule has 0 aliphatic heterocycles. The Balaban J connectivity index is 1.86. The molecule has 0 aliphatic carbocycles. The van der Waals surface area contributed by atoms with Crippen LogP contribution in [0.25, 0.3) is 10.8 Å². The second-order valence-electron chi connectivity index (χ2n) is 6.09. The molecule has 0 heterocycles. The van der Waals surface area contributed by atoms with Gasteiger partial charge in [-0.3, -0.25) is 0 Å². The minimum absolute atomic E-state index is 0.748. The highest BCUT2D eigenvalue weighted by Gasteiger charge is 2.09. The highest BCUT2D eigenvalue weighted by Crippen LogP contribution is 2.35. The molecule has 5 heteroatoms. The van der Waals surface area contributed by atoms with Crippen molar-refractivity contribution in [2.24, 2.45) is 0 Å². The van der Waals surface area contributed by atoms with Crippen molar-refractivity contribution < 1.29 is 9.16 Å². The van der Waals surface area contributed by atoms with Crippen LogP contribution in [0.2, 0.25) is 18.1 Å². The van der Waals surface area contributed by atoms with Crippen molar-refractivity contribution in [2.75, 3.05) is 7.11 Å². The van der Waals surface area contributed by atoms with Gasteiger partial charge in [-0.1, -0.05) is 23.7 Å². The van der Waals surface area contributed by atoms with E-state index in [9.17, 15) is 0 Å². The number of hydrogen-bond acceptors (Lipinski definition) is 3. The van der Waals surface area contributed by atoms with E-state index in [1.165, 1.54) is 10.5 Å². The lowest BCUT2D eigenvalue weighted by atomic mass is 10.1. The van der Waals surface area contributed by atoms with E-state index >= 15 is 0 Å². The summed E-state index contributed by atoms with van der Waals surface area (Å²) in [5, 5.41) is 2.99. The number of fused-ring (bicyclic) bond motifs is 1. The van der Waals surface area contributed by atoms with E-state index in [4.69, 9.17) is 20.8 Å². The molecule has 0 atom stereocenters. The van der Waals surface area contributed by atoms with Gasteiger partial charge in [0.25, 0.3) is 0 Å². The van der Waals surface area contributed by atoms with Gasteiger partial charge >= 0.3 is 0 Å². The molecule has 25 heavy (non-hydrogen) atoms. The summed E-state index contributed by atoms with van der Waals surface area (Å²) >= 11 is 7.98. The Hall–Kier alpha value is -1.62. The van der Waals surface area contributed by atoms with Gasteiger partial charge in [0.05, 0.1) is 7.11 Å². The summed E-state index contributed by atoms with van der Waals surface area (Å²) in [6.45, 7) is 4.36. The number of ether oxygens (including phenoxy) is 1. The van der Waals surface area contributed by atoms with Gasteiger partial charge in [0.1, 0.15) is 11.5 Å². The summed E-state index contributed by atoms with van der Waals surface area (Å²) in [5.74, 6) is 2.74. The Morgan fingerprint density at radius 3 is 2.44 bits per heavy atom. The van der Waals surface area contributed by atoms with Crippen molar-refractivity contribution in [1.82, 2.24) is 0 Å². The van der Waals surface area contributed by atoms with Gasteiger partial charge in [-0.15, -0.1) is 11.8 Å². The van der Waals surface area contributed by atoms with E-state index in [2.05, 4.69) is 37.4 Å². The fraction of sp³-hybridized carbons (Fsp3) is 0.200. The topological polar surface area (TPSA) is 18.5 Å². The van der Waals surface area contributed by atoms with Crippen molar-refractivity contribution in [3.63, 3.8) is 0 Å². The van der Waals surface area contributed by atoms with E-state index < -0.39 is 9.04 Å². The monoisotopic (exact) mass is 388 g/mol. The molecule has 0 bridgehead atoms. The van der Waals surface area contributed by atoms with Crippen LogP contribution in [0.3, 0.4) is 0 Å². The lowest BCUT2D eigenvalue weighted by Crippen LogP contribution is -2.11. The summed E-state index contributed by atoms with van der Waals surface area (Å²) in [7, 11) is 0.501. The molecule has 0 unspecified atom stereocenters. The molecule has 0 aromatic heterocycles. The molecule has 0 fully saturated rings. The zero-order chi connectivity index (χ0) is 17.8. The highest BCUT2D eigenvalue weighted by atomic mass is 35.5. The first kappa shape index (κ1) is 18.2. The Morgan fingerprint density at radius 1 is 1.00 bits per heavy atom. The van der Waals surface area contributed by atoms with E-state index in [-0.39, 0.29) is 0 Å². The SMILES string of the molecule is COc1ccc(CSc2cc(O[SiH](C)C)c3ccc(Cl)cc3c2)cc1. The third-order valence-electron chi connectivity index (χ3n) is 3.78. The first-order valence-corrected chi connectivity index (χ1v) is 12.4. The van der Waals surface area contributed by atoms with Gasteiger partial charge in [-0.2, -0.15) is 0 Å². The van der Waals surface area contributed by atoms with Crippen LogP contribution in [-0.4, -0.2) is 16.2 Å². The lowest BCUT2D eigenvalue weighted by Gasteiger charge is -2.14. The van der Waals surface area contributed by atoms with Crippen LogP contribution in [-0.2, 0) is 5.75 Å². The predicted molar refractivity (Wildman–Crippen MR) is 111 cm³/mol. The molecule has 0 N–H and O–H groups in total. The quantitative estimate of drug-likeness (QED) is 0.372. The van der Waals surface area contributed by atoms with Crippen molar-refractivity contribution in [3.8, 4) is 11.5 Å². The fourth-order valence-corrected chi connectivity index (χ4v) is 4.41. The molecule has 0 radical (unpaired) electrons. The van der Waals surface area contributed by atoms with Gasteiger partial charge < -0.3 is 9.16 Å². The van der Waals surface area contributed by atoms with Crippen molar-refractivity contribution in [1.29, 1.82) is 0 Å². The summed E-state index contributed by atoms with van der Waals surface area (Å²) in [6.07, 6.45) is 0. The summed E-state index contributed by atoms with van der Waals surface area (Å²) < 4.78 is 11.4. The van der Waals surface area contributed by atoms with Crippen LogP contribution in [0.4, 0.5) is 0 Å². The highest BCUT2D eigenvalue weighted by molar-refractivity contribution is 7.98. The van der Waals surface area contributed by atoms with Crippen molar-refractivity contribution in [3.05, 3.63) is 65.2 Å². The van der Waals surface area contributed by atoms with Gasteiger partial charge in [0.15, 0.2) is 0 Å². The van der Waals surface area contributed by atoms with Gasteiger partial charge in [0.2, 0.25) is 9.04 Å². The number of benzene rings is 3. The fourth-order valence-electron chi connectivity index (χ4n) is 2.60. The summed E-state index contributed by atoms with van der Waals surface area (Å²) in [6, 6.07) is 18.5. The number of halogens is 1. The second-order valence-corrected chi connectivity index (χ2v) is 9.91. The molecule has 0 saturated heterocycles. The number of hydrogen-bond donors (Lipinski definition) is 0. The van der Waals surface area contributed by atoms with Crippen molar-refractivity contribution >= 4 is 43.2 Å². The second kappa shape index (κ2) is 8.17. The summed E-state index contributed by atoms with van der Waals surface area (Å²) in [5.41, 5.74) is 1.26. The molecule has 3 aromatic carbocycles. The number of rotatable bonds is 6. The molecule has 0 spiro atoms. The van der Waals surface area contributed by atoms with Gasteiger partial charge in [0, 0.05) is 21.1 Å². The summed E-state index contributed by atoms with van der Waals surface area (Å²) in [4.78, 5) is 1.19. The molecule has 3 rings (SSSR count). The lowest BCUT2D eigenvalue weighted by molar-refractivity contribution is 0.414. The van der Waals surface area contributed by atoms with Crippen LogP contribution in [0, 0.1) is 0 Å². The van der Waals surface area contributed by atoms with Crippen LogP contribution >= 0.6 is 23.4 Å². The standard InChI is InChI=1S/C20H21ClO2SSi/c1-22-17-7-4-14(5-8-17)13-24-18-11-15-10-16(21)6-9-19(15)20(12-18)23-25(2)3/h4-12,25H,13H2,1-3H3. The molecule has 2 nitrogen and oxygen atoms in total. The number of methoxy groups -OCH3 is 1. The predicted octanol–water partition coefficient (Wildman–Crippen LogP) is 6.16. The third-order valence-corrected chi connectivity index (χ3v) is 5.78. The molecule has 130 valence electrons. The smallest absolute Gasteiger partial charge is 0.229 e. The Morgan fingerprint density at radius 2 is 1.76 bits per heavy atom. The minimum Gasteiger partial charge on any atom is -0.547 e. The van der Waals surface area contributed by atoms with Crippen LogP contribution in [0.15, 0.2) is 59.5 Å². The molecule has 0 aliphatic rings. The number of thioether (sulfide) groups is 1. The van der Waals surface area contributed by atoms with Crippen LogP contribution in [0.5, 0.6) is 11.5 Å². The van der Waals surface area contributed by atoms with E-state index in [0.29, 0.717) is 0 Å². The van der Waals surface area contributed by atoms with Gasteiger partial charge in [-0.05, 0) is 66.5 Å². The molecular formula is C20H21ClO2SSi. The first-order chi connectivity index (χ1) is 12.0. The van der Waals surface area contributed by atoms with Gasteiger partial charge in [-0.25, -0.2) is 0 Å². The molecule has 0 saturated carbocycles. The zero-order valence-electron chi connectivity index (χ0n) is 14.6. The molecule has 3 aromatic rings. The minimum atomic E-state index is -1.18. The van der Waals surface area contributed by atoms with Crippen LogP contribution in [0.1, 0.15) is 5.56 Å². The van der Waals surface area contributed by atoms with Crippen molar-refractivity contribution in [2.45, 2.75) is 23.7 Å². The maximum atomic E-state index is 6.18. The molecular weight excluding hydrogens is 368 g/mol. The van der Waals surface area contributed by atoms with E-state index in [1.807, 2.05) is 30.3 Å². The average molecular weight is 389 g/mol. The largest absolute Gasteiger partial charge is 0.547 e. The third kappa shape index (κ3) is 4.72. The maximum absolute atomic E-state index is 6.18. The van der Waals surface area contributed by atoms with E-state index in [0.717, 1.165) is 33.0 Å². The average Bonchev–Trinajstić information content (AvgIpc) is 2.59. The Labute approximate surface area is 159 Å². The molecule has 0 amide bonds. The Bertz CT molecular complexity index is 865.